The van der Waals surface area contributed by atoms with Crippen molar-refractivity contribution in [3.8, 4) is 11.5 Å². The fraction of sp³-hybridized carbons (Fsp3) is 0.286. The lowest BCUT2D eigenvalue weighted by Crippen LogP contribution is -2.15. The van der Waals surface area contributed by atoms with Crippen LogP contribution in [0, 0.1) is 13.8 Å². The number of ketones is 1. The van der Waals surface area contributed by atoms with Crippen LogP contribution < -0.4 is 9.47 Å². The third kappa shape index (κ3) is 2.94. The van der Waals surface area contributed by atoms with Gasteiger partial charge >= 0.3 is 0 Å². The Kier molecular flexibility index (Phi) is 4.43. The van der Waals surface area contributed by atoms with E-state index in [0.29, 0.717) is 11.5 Å². The molecule has 0 saturated carbocycles. The third-order valence-electron chi connectivity index (χ3n) is 4.55. The molecule has 0 bridgehead atoms. The van der Waals surface area contributed by atoms with E-state index in [1.165, 1.54) is 11.1 Å². The SMILES string of the molecule is COc1ccc(/C=C2/CCc3c(C)cc(C)cc3C2=O)cc1OC. The van der Waals surface area contributed by atoms with Gasteiger partial charge in [-0.05, 0) is 67.7 Å². The zero-order valence-electron chi connectivity index (χ0n) is 14.6. The van der Waals surface area contributed by atoms with Crippen LogP contribution in [0.15, 0.2) is 35.9 Å². The van der Waals surface area contributed by atoms with Crippen LogP contribution in [-0.2, 0) is 6.42 Å². The molecule has 2 aromatic rings. The molecule has 124 valence electrons. The van der Waals surface area contributed by atoms with Crippen LogP contribution in [0.25, 0.3) is 6.08 Å². The van der Waals surface area contributed by atoms with Crippen molar-refractivity contribution in [2.24, 2.45) is 0 Å². The van der Waals surface area contributed by atoms with Crippen LogP contribution in [0.5, 0.6) is 11.5 Å². The molecule has 0 saturated heterocycles. The Morgan fingerprint density at radius 1 is 0.958 bits per heavy atom. The second-order valence-electron chi connectivity index (χ2n) is 6.22. The Morgan fingerprint density at radius 2 is 1.71 bits per heavy atom. The Bertz CT molecular complexity index is 831. The zero-order valence-corrected chi connectivity index (χ0v) is 14.6. The topological polar surface area (TPSA) is 35.5 Å². The molecule has 0 spiro atoms. The fourth-order valence-corrected chi connectivity index (χ4v) is 3.36. The molecule has 3 nitrogen and oxygen atoms in total. The van der Waals surface area contributed by atoms with E-state index in [1.807, 2.05) is 37.3 Å². The van der Waals surface area contributed by atoms with Crippen LogP contribution in [0.4, 0.5) is 0 Å². The molecule has 2 aromatic carbocycles. The average molecular weight is 322 g/mol. The number of Topliss-reactive ketones (excluding diaryl/α,β-unsaturated/α-hetero) is 1. The summed E-state index contributed by atoms with van der Waals surface area (Å²) in [6.45, 7) is 4.12. The lowest BCUT2D eigenvalue weighted by atomic mass is 9.83. The Morgan fingerprint density at radius 3 is 2.42 bits per heavy atom. The summed E-state index contributed by atoms with van der Waals surface area (Å²) in [4.78, 5) is 12.9. The highest BCUT2D eigenvalue weighted by Crippen LogP contribution is 2.32. The summed E-state index contributed by atoms with van der Waals surface area (Å²) in [5.74, 6) is 1.49. The lowest BCUT2D eigenvalue weighted by molar-refractivity contribution is 0.102. The van der Waals surface area contributed by atoms with E-state index in [-0.39, 0.29) is 5.78 Å². The van der Waals surface area contributed by atoms with Crippen molar-refractivity contribution in [2.75, 3.05) is 14.2 Å². The predicted molar refractivity (Wildman–Crippen MR) is 96.1 cm³/mol. The molecule has 0 heterocycles. The summed E-state index contributed by atoms with van der Waals surface area (Å²) in [5, 5.41) is 0. The van der Waals surface area contributed by atoms with E-state index in [9.17, 15) is 4.79 Å². The molecule has 24 heavy (non-hydrogen) atoms. The van der Waals surface area contributed by atoms with Gasteiger partial charge in [0, 0.05) is 11.1 Å². The monoisotopic (exact) mass is 322 g/mol. The molecule has 0 radical (unpaired) electrons. The maximum atomic E-state index is 12.9. The van der Waals surface area contributed by atoms with E-state index in [4.69, 9.17) is 9.47 Å². The zero-order chi connectivity index (χ0) is 17.3. The highest BCUT2D eigenvalue weighted by molar-refractivity contribution is 6.13. The van der Waals surface area contributed by atoms with Crippen molar-refractivity contribution in [3.63, 3.8) is 0 Å². The first-order valence-electron chi connectivity index (χ1n) is 8.11. The summed E-state index contributed by atoms with van der Waals surface area (Å²) in [6.07, 6.45) is 3.64. The van der Waals surface area contributed by atoms with Gasteiger partial charge in [0.1, 0.15) is 0 Å². The number of fused-ring (bicyclic) bond motifs is 1. The van der Waals surface area contributed by atoms with E-state index in [2.05, 4.69) is 13.0 Å². The second-order valence-corrected chi connectivity index (χ2v) is 6.22. The van der Waals surface area contributed by atoms with Crippen LogP contribution in [0.3, 0.4) is 0 Å². The molecule has 0 fully saturated rings. The van der Waals surface area contributed by atoms with Gasteiger partial charge in [0.2, 0.25) is 0 Å². The average Bonchev–Trinajstić information content (AvgIpc) is 2.57. The number of ether oxygens (including phenoxy) is 2. The minimum atomic E-state index is 0.137. The van der Waals surface area contributed by atoms with Gasteiger partial charge in [-0.1, -0.05) is 17.7 Å². The molecule has 0 aliphatic heterocycles. The quantitative estimate of drug-likeness (QED) is 0.779. The molecule has 0 aromatic heterocycles. The van der Waals surface area contributed by atoms with Crippen molar-refractivity contribution in [1.82, 2.24) is 0 Å². The van der Waals surface area contributed by atoms with E-state index >= 15 is 0 Å². The predicted octanol–water partition coefficient (Wildman–Crippen LogP) is 4.53. The smallest absolute Gasteiger partial charge is 0.189 e. The molecule has 1 aliphatic rings. The van der Waals surface area contributed by atoms with Gasteiger partial charge in [-0.3, -0.25) is 4.79 Å². The Hall–Kier alpha value is -2.55. The van der Waals surface area contributed by atoms with Crippen molar-refractivity contribution >= 4 is 11.9 Å². The molecule has 0 atom stereocenters. The first kappa shape index (κ1) is 16.3. The Labute approximate surface area is 142 Å². The number of aryl methyl sites for hydroxylation is 2. The van der Waals surface area contributed by atoms with E-state index < -0.39 is 0 Å². The highest BCUT2D eigenvalue weighted by Gasteiger charge is 2.23. The van der Waals surface area contributed by atoms with Gasteiger partial charge in [-0.15, -0.1) is 0 Å². The first-order valence-corrected chi connectivity index (χ1v) is 8.11. The highest BCUT2D eigenvalue weighted by atomic mass is 16.5. The van der Waals surface area contributed by atoms with Crippen molar-refractivity contribution in [2.45, 2.75) is 26.7 Å². The molecule has 3 heteroatoms. The molecule has 1 aliphatic carbocycles. The summed E-state index contributed by atoms with van der Waals surface area (Å²) >= 11 is 0. The van der Waals surface area contributed by atoms with Gasteiger partial charge in [-0.2, -0.15) is 0 Å². The third-order valence-corrected chi connectivity index (χ3v) is 4.55. The van der Waals surface area contributed by atoms with Crippen LogP contribution in [0.2, 0.25) is 0 Å². The number of allylic oxidation sites excluding steroid dienone is 1. The molecular formula is C21H22O3. The van der Waals surface area contributed by atoms with Crippen molar-refractivity contribution in [1.29, 1.82) is 0 Å². The minimum Gasteiger partial charge on any atom is -0.493 e. The largest absolute Gasteiger partial charge is 0.493 e. The summed E-state index contributed by atoms with van der Waals surface area (Å²) in [7, 11) is 3.23. The van der Waals surface area contributed by atoms with Crippen LogP contribution in [0.1, 0.15) is 39.0 Å². The molecule has 0 unspecified atom stereocenters. The van der Waals surface area contributed by atoms with E-state index in [1.54, 1.807) is 14.2 Å². The van der Waals surface area contributed by atoms with Gasteiger partial charge in [0.25, 0.3) is 0 Å². The molecule has 3 rings (SSSR count). The van der Waals surface area contributed by atoms with Gasteiger partial charge < -0.3 is 9.47 Å². The van der Waals surface area contributed by atoms with Gasteiger partial charge in [0.05, 0.1) is 14.2 Å². The fourth-order valence-electron chi connectivity index (χ4n) is 3.36. The van der Waals surface area contributed by atoms with Crippen molar-refractivity contribution < 1.29 is 14.3 Å². The number of rotatable bonds is 3. The number of hydrogen-bond acceptors (Lipinski definition) is 3. The van der Waals surface area contributed by atoms with Gasteiger partial charge in [0.15, 0.2) is 17.3 Å². The maximum absolute atomic E-state index is 12.9. The standard InChI is InChI=1S/C21H22O3/c1-13-9-14(2)17-7-6-16(21(22)18(17)10-13)11-15-5-8-19(23-3)20(12-15)24-4/h5,8-12H,6-7H2,1-4H3/b16-11-. The van der Waals surface area contributed by atoms with Crippen LogP contribution in [-0.4, -0.2) is 20.0 Å². The number of carbonyl (C=O) groups is 1. The van der Waals surface area contributed by atoms with E-state index in [0.717, 1.165) is 35.1 Å². The Balaban J connectivity index is 1.99. The maximum Gasteiger partial charge on any atom is 0.189 e. The molecule has 0 amide bonds. The molecule has 0 N–H and O–H groups in total. The number of hydrogen-bond donors (Lipinski definition) is 0. The molecular weight excluding hydrogens is 300 g/mol. The van der Waals surface area contributed by atoms with Crippen LogP contribution >= 0.6 is 0 Å². The lowest BCUT2D eigenvalue weighted by Gasteiger charge is -2.20. The minimum absolute atomic E-state index is 0.137. The summed E-state index contributed by atoms with van der Waals surface area (Å²) < 4.78 is 10.6. The number of methoxy groups -OCH3 is 2. The second kappa shape index (κ2) is 6.52. The number of carbonyl (C=O) groups excluding carboxylic acids is 1. The van der Waals surface area contributed by atoms with Crippen molar-refractivity contribution in [3.05, 3.63) is 63.7 Å². The normalized spacial score (nSPS) is 15.3. The first-order chi connectivity index (χ1) is 11.5. The van der Waals surface area contributed by atoms with Gasteiger partial charge in [-0.25, -0.2) is 0 Å². The summed E-state index contributed by atoms with van der Waals surface area (Å²) in [6, 6.07) is 9.86. The summed E-state index contributed by atoms with van der Waals surface area (Å²) in [5.41, 5.74) is 6.18. The number of benzene rings is 2.